The fraction of sp³-hybridized carbons (Fsp3) is 0.212. The summed E-state index contributed by atoms with van der Waals surface area (Å²) in [5.41, 5.74) is 5.38. The first-order chi connectivity index (χ1) is 21.4. The van der Waals surface area contributed by atoms with Gasteiger partial charge in [0, 0.05) is 48.6 Å². The predicted molar refractivity (Wildman–Crippen MR) is 168 cm³/mol. The van der Waals surface area contributed by atoms with Crippen LogP contribution in [0.4, 0.5) is 11.5 Å². The Kier molecular flexibility index (Phi) is 7.29. The number of pyridine rings is 1. The Morgan fingerprint density at radius 2 is 1.64 bits per heavy atom. The Labute approximate surface area is 255 Å². The van der Waals surface area contributed by atoms with Crippen LogP contribution >= 0.6 is 0 Å². The van der Waals surface area contributed by atoms with Crippen molar-refractivity contribution in [1.82, 2.24) is 29.4 Å². The Morgan fingerprint density at radius 3 is 2.39 bits per heavy atom. The molecule has 2 N–H and O–H groups in total. The number of ketones is 1. The highest BCUT2D eigenvalue weighted by atomic mass is 32.2. The average Bonchev–Trinajstić information content (AvgIpc) is 3.42. The molecule has 0 unspecified atom stereocenters. The zero-order valence-electron chi connectivity index (χ0n) is 24.1. The minimum atomic E-state index is -3.65. The quantitative estimate of drug-likeness (QED) is 0.238. The smallest absolute Gasteiger partial charge is 0.240 e. The number of sulfonamides is 1. The van der Waals surface area contributed by atoms with Gasteiger partial charge in [-0.25, -0.2) is 18.1 Å². The molecule has 4 heterocycles. The van der Waals surface area contributed by atoms with E-state index in [1.165, 1.54) is 24.6 Å². The van der Waals surface area contributed by atoms with Crippen molar-refractivity contribution in [3.05, 3.63) is 102 Å². The molecule has 7 rings (SSSR count). The van der Waals surface area contributed by atoms with Gasteiger partial charge in [-0.15, -0.1) is 10.2 Å². The van der Waals surface area contributed by atoms with Gasteiger partial charge in [-0.05, 0) is 61.7 Å². The van der Waals surface area contributed by atoms with E-state index in [2.05, 4.69) is 59.0 Å². The molecule has 2 aromatic heterocycles. The standard InChI is InChI=1S/C33H31N7O3S/c1-22(41)24-12-14-27(15-13-24)44(42,43)38-26-16-19-39(20-17-26)21-23-8-10-25(11-9-23)32-36-37-33-28-5-2-3-6-29(28)35-31-30(40(32)33)7-4-18-34-31/h2-15,18,26,38H,16-17,19-21H2,1H3,(H,34,35). The Morgan fingerprint density at radius 1 is 0.909 bits per heavy atom. The lowest BCUT2D eigenvalue weighted by atomic mass is 10.0. The summed E-state index contributed by atoms with van der Waals surface area (Å²) >= 11 is 0. The first kappa shape index (κ1) is 28.1. The third-order valence-corrected chi connectivity index (χ3v) is 9.75. The molecule has 2 aliphatic heterocycles. The van der Waals surface area contributed by atoms with E-state index in [1.807, 2.05) is 36.4 Å². The molecule has 0 spiro atoms. The maximum Gasteiger partial charge on any atom is 0.240 e. The van der Waals surface area contributed by atoms with Crippen molar-refractivity contribution in [2.75, 3.05) is 18.4 Å². The van der Waals surface area contributed by atoms with Crippen LogP contribution in [-0.2, 0) is 16.6 Å². The van der Waals surface area contributed by atoms with Crippen molar-refractivity contribution in [3.63, 3.8) is 0 Å². The number of fused-ring (bicyclic) bond motifs is 5. The third kappa shape index (κ3) is 5.41. The molecule has 222 valence electrons. The zero-order chi connectivity index (χ0) is 30.3. The summed E-state index contributed by atoms with van der Waals surface area (Å²) in [7, 11) is -3.65. The molecule has 1 saturated heterocycles. The van der Waals surface area contributed by atoms with Crippen LogP contribution in [-0.4, -0.2) is 58.0 Å². The minimum Gasteiger partial charge on any atom is -0.338 e. The molecule has 0 amide bonds. The molecule has 2 aliphatic rings. The van der Waals surface area contributed by atoms with Crippen molar-refractivity contribution in [2.24, 2.45) is 0 Å². The highest BCUT2D eigenvalue weighted by Gasteiger charge is 2.26. The molecule has 10 nitrogen and oxygen atoms in total. The van der Waals surface area contributed by atoms with Crippen LogP contribution in [0, 0.1) is 0 Å². The van der Waals surface area contributed by atoms with Gasteiger partial charge in [-0.3, -0.25) is 14.3 Å². The first-order valence-corrected chi connectivity index (χ1v) is 16.1. The molecule has 44 heavy (non-hydrogen) atoms. The SMILES string of the molecule is CC(=O)c1ccc(S(=O)(=O)NC2CCN(Cc3ccc(-c4nnc5n4-c4cccnc4Nc4ccccc4-5)cc3)CC2)cc1. The molecular formula is C33H31N7O3S. The number of carbonyl (C=O) groups is 1. The second kappa shape index (κ2) is 11.4. The van der Waals surface area contributed by atoms with Gasteiger partial charge < -0.3 is 5.32 Å². The summed E-state index contributed by atoms with van der Waals surface area (Å²) in [4.78, 5) is 18.6. The van der Waals surface area contributed by atoms with Crippen LogP contribution < -0.4 is 10.0 Å². The molecule has 0 bridgehead atoms. The zero-order valence-corrected chi connectivity index (χ0v) is 25.0. The number of hydrogen-bond acceptors (Lipinski definition) is 8. The number of likely N-dealkylation sites (tertiary alicyclic amines) is 1. The van der Waals surface area contributed by atoms with Gasteiger partial charge >= 0.3 is 0 Å². The number of aromatic nitrogens is 4. The lowest BCUT2D eigenvalue weighted by Crippen LogP contribution is -2.44. The largest absolute Gasteiger partial charge is 0.338 e. The summed E-state index contributed by atoms with van der Waals surface area (Å²) in [6.45, 7) is 3.80. The van der Waals surface area contributed by atoms with E-state index in [1.54, 1.807) is 18.3 Å². The second-order valence-electron chi connectivity index (χ2n) is 11.2. The van der Waals surface area contributed by atoms with Crippen LogP contribution in [0.3, 0.4) is 0 Å². The van der Waals surface area contributed by atoms with Crippen LogP contribution in [0.15, 0.2) is 96.0 Å². The van der Waals surface area contributed by atoms with Gasteiger partial charge in [0.15, 0.2) is 23.2 Å². The van der Waals surface area contributed by atoms with E-state index >= 15 is 0 Å². The summed E-state index contributed by atoms with van der Waals surface area (Å²) in [5.74, 6) is 2.14. The van der Waals surface area contributed by atoms with Crippen molar-refractivity contribution in [3.8, 4) is 28.5 Å². The molecule has 5 aromatic rings. The summed E-state index contributed by atoms with van der Waals surface area (Å²) in [5, 5.41) is 12.6. The number of nitrogens with one attached hydrogen (secondary N) is 2. The average molecular weight is 606 g/mol. The maximum atomic E-state index is 12.9. The number of hydrogen-bond donors (Lipinski definition) is 2. The van der Waals surface area contributed by atoms with Gasteiger partial charge in [-0.2, -0.15) is 0 Å². The number of piperidine rings is 1. The normalized spacial score (nSPS) is 15.0. The van der Waals surface area contributed by atoms with Gasteiger partial charge in [0.05, 0.1) is 16.3 Å². The number of nitrogens with zero attached hydrogens (tertiary/aromatic N) is 5. The van der Waals surface area contributed by atoms with Gasteiger partial charge in [-0.1, -0.05) is 48.5 Å². The minimum absolute atomic E-state index is 0.0937. The van der Waals surface area contributed by atoms with E-state index in [0.29, 0.717) is 5.56 Å². The Balaban J connectivity index is 1.03. The lowest BCUT2D eigenvalue weighted by molar-refractivity contribution is 0.101. The van der Waals surface area contributed by atoms with E-state index in [0.717, 1.165) is 72.4 Å². The first-order valence-electron chi connectivity index (χ1n) is 14.6. The number of Topliss-reactive ketones (excluding diaryl/α,β-unsaturated/α-hetero) is 1. The number of para-hydroxylation sites is 1. The monoisotopic (exact) mass is 605 g/mol. The Bertz CT molecular complexity index is 1950. The van der Waals surface area contributed by atoms with Crippen LogP contribution in [0.2, 0.25) is 0 Å². The highest BCUT2D eigenvalue weighted by molar-refractivity contribution is 7.89. The van der Waals surface area contributed by atoms with Crippen molar-refractivity contribution in [1.29, 1.82) is 0 Å². The van der Waals surface area contributed by atoms with E-state index in [4.69, 9.17) is 0 Å². The fourth-order valence-electron chi connectivity index (χ4n) is 5.84. The van der Waals surface area contributed by atoms with Crippen LogP contribution in [0.5, 0.6) is 0 Å². The van der Waals surface area contributed by atoms with Crippen LogP contribution in [0.1, 0.15) is 35.7 Å². The summed E-state index contributed by atoms with van der Waals surface area (Å²) in [6, 6.07) is 26.3. The van der Waals surface area contributed by atoms with E-state index in [-0.39, 0.29) is 16.7 Å². The second-order valence-corrected chi connectivity index (χ2v) is 12.9. The topological polar surface area (TPSA) is 122 Å². The third-order valence-electron chi connectivity index (χ3n) is 8.21. The van der Waals surface area contributed by atoms with Crippen molar-refractivity contribution >= 4 is 27.3 Å². The number of anilines is 2. The maximum absolute atomic E-state index is 12.9. The number of rotatable bonds is 7. The summed E-state index contributed by atoms with van der Waals surface area (Å²) in [6.07, 6.45) is 3.21. The Hall–Kier alpha value is -4.71. The molecule has 0 aliphatic carbocycles. The molecule has 0 atom stereocenters. The molecule has 11 heteroatoms. The number of carbonyl (C=O) groups excluding carboxylic acids is 1. The molecule has 0 radical (unpaired) electrons. The summed E-state index contributed by atoms with van der Waals surface area (Å²) < 4.78 is 30.7. The van der Waals surface area contributed by atoms with E-state index in [9.17, 15) is 13.2 Å². The number of benzene rings is 3. The van der Waals surface area contributed by atoms with Gasteiger partial charge in [0.1, 0.15) is 0 Å². The molecule has 1 fully saturated rings. The van der Waals surface area contributed by atoms with Crippen molar-refractivity contribution in [2.45, 2.75) is 37.2 Å². The molecule has 0 saturated carbocycles. The van der Waals surface area contributed by atoms with Gasteiger partial charge in [0.2, 0.25) is 10.0 Å². The molecular weight excluding hydrogens is 574 g/mol. The van der Waals surface area contributed by atoms with E-state index < -0.39 is 10.0 Å². The molecule has 3 aromatic carbocycles. The van der Waals surface area contributed by atoms with Crippen LogP contribution in [0.25, 0.3) is 28.5 Å². The van der Waals surface area contributed by atoms with Crippen molar-refractivity contribution < 1.29 is 13.2 Å². The van der Waals surface area contributed by atoms with Gasteiger partial charge in [0.25, 0.3) is 0 Å². The fourth-order valence-corrected chi connectivity index (χ4v) is 7.15. The lowest BCUT2D eigenvalue weighted by Gasteiger charge is -2.32. The highest BCUT2D eigenvalue weighted by Crippen LogP contribution is 2.39. The predicted octanol–water partition coefficient (Wildman–Crippen LogP) is 5.20.